The lowest BCUT2D eigenvalue weighted by molar-refractivity contribution is -0.120. The second-order valence-corrected chi connectivity index (χ2v) is 9.84. The highest BCUT2D eigenvalue weighted by Gasteiger charge is 2.29. The fraction of sp³-hybridized carbons (Fsp3) is 0.227. The first-order valence-corrected chi connectivity index (χ1v) is 12.2. The summed E-state index contributed by atoms with van der Waals surface area (Å²) in [5, 5.41) is 5.97. The Morgan fingerprint density at radius 3 is 2.68 bits per heavy atom. The normalized spacial score (nSPS) is 15.5. The van der Waals surface area contributed by atoms with Gasteiger partial charge in [0.2, 0.25) is 5.91 Å². The van der Waals surface area contributed by atoms with Crippen molar-refractivity contribution in [2.75, 3.05) is 13.1 Å². The lowest BCUT2D eigenvalue weighted by atomic mass is 10.1. The first-order valence-electron chi connectivity index (χ1n) is 9.87. The number of hydrogen-bond acceptors (Lipinski definition) is 6. The molecule has 3 aromatic rings. The minimum Gasteiger partial charge on any atom is -0.356 e. The molecule has 1 amide bonds. The van der Waals surface area contributed by atoms with Gasteiger partial charge in [-0.1, -0.05) is 36.4 Å². The molecule has 160 valence electrons. The molecule has 1 aliphatic rings. The zero-order chi connectivity index (χ0) is 21.8. The predicted molar refractivity (Wildman–Crippen MR) is 122 cm³/mol. The molecule has 7 nitrogen and oxygen atoms in total. The summed E-state index contributed by atoms with van der Waals surface area (Å²) >= 11 is 1.63. The zero-order valence-corrected chi connectivity index (χ0v) is 18.6. The number of rotatable bonds is 7. The molecular formula is C22H22N4O3S2. The van der Waals surface area contributed by atoms with Gasteiger partial charge in [0, 0.05) is 29.5 Å². The van der Waals surface area contributed by atoms with Gasteiger partial charge in [-0.25, -0.2) is 13.4 Å². The minimum absolute atomic E-state index is 0.118. The molecule has 2 N–H and O–H groups in total. The number of amides is 1. The summed E-state index contributed by atoms with van der Waals surface area (Å²) in [6.45, 7) is 2.72. The van der Waals surface area contributed by atoms with E-state index in [-0.39, 0.29) is 23.8 Å². The Balaban J connectivity index is 1.24. The SMILES string of the molecule is Cc1nc(-c2ccc(CCNC(=O)CCN=C3NS(=O)(=O)c4ccccc43)cc2)cs1. The third-order valence-corrected chi connectivity index (χ3v) is 7.05. The maximum Gasteiger partial charge on any atom is 0.263 e. The number of carbonyl (C=O) groups excluding carboxylic acids is 1. The number of aryl methyl sites for hydroxylation is 1. The highest BCUT2D eigenvalue weighted by molar-refractivity contribution is 7.90. The van der Waals surface area contributed by atoms with Gasteiger partial charge in [-0.05, 0) is 31.0 Å². The molecule has 0 unspecified atom stereocenters. The highest BCUT2D eigenvalue weighted by atomic mass is 32.2. The van der Waals surface area contributed by atoms with Gasteiger partial charge in [0.15, 0.2) is 0 Å². The molecule has 0 aliphatic carbocycles. The Morgan fingerprint density at radius 2 is 1.94 bits per heavy atom. The summed E-state index contributed by atoms with van der Waals surface area (Å²) < 4.78 is 26.6. The van der Waals surface area contributed by atoms with Crippen molar-refractivity contribution >= 4 is 33.1 Å². The Bertz CT molecular complexity index is 1230. The van der Waals surface area contributed by atoms with Gasteiger partial charge in [0.25, 0.3) is 10.0 Å². The summed E-state index contributed by atoms with van der Waals surface area (Å²) in [5.74, 6) is 0.173. The van der Waals surface area contributed by atoms with Crippen LogP contribution in [0, 0.1) is 6.92 Å². The van der Waals surface area contributed by atoms with Crippen LogP contribution >= 0.6 is 11.3 Å². The molecule has 0 saturated heterocycles. The number of nitrogens with zero attached hydrogens (tertiary/aromatic N) is 2. The number of aliphatic imine (C=N–C) groups is 1. The number of benzene rings is 2. The maximum atomic E-state index is 12.1. The van der Waals surface area contributed by atoms with Crippen LogP contribution in [0.15, 0.2) is 63.8 Å². The largest absolute Gasteiger partial charge is 0.356 e. The van der Waals surface area contributed by atoms with Crippen LogP contribution in [0.1, 0.15) is 22.6 Å². The van der Waals surface area contributed by atoms with E-state index in [1.165, 1.54) is 6.07 Å². The fourth-order valence-electron chi connectivity index (χ4n) is 3.29. The van der Waals surface area contributed by atoms with Crippen molar-refractivity contribution in [1.29, 1.82) is 0 Å². The number of sulfonamides is 1. The lowest BCUT2D eigenvalue weighted by Gasteiger charge is -2.06. The van der Waals surface area contributed by atoms with Gasteiger partial charge in [0.1, 0.15) is 5.84 Å². The van der Waals surface area contributed by atoms with Crippen LogP contribution in [0.4, 0.5) is 0 Å². The standard InChI is InChI=1S/C22H22N4O3S2/c1-15-25-19(14-30-15)17-8-6-16(7-9-17)10-12-23-21(27)11-13-24-22-18-4-2-3-5-20(18)31(28,29)26-22/h2-9,14H,10-13H2,1H3,(H,23,27)(H,24,26). The van der Waals surface area contributed by atoms with E-state index in [0.717, 1.165) is 28.2 Å². The first-order chi connectivity index (χ1) is 14.9. The van der Waals surface area contributed by atoms with E-state index in [9.17, 15) is 13.2 Å². The Hall–Kier alpha value is -3.04. The molecule has 4 rings (SSSR count). The molecule has 31 heavy (non-hydrogen) atoms. The quantitative estimate of drug-likeness (QED) is 0.573. The number of fused-ring (bicyclic) bond motifs is 1. The predicted octanol–water partition coefficient (Wildman–Crippen LogP) is 2.91. The van der Waals surface area contributed by atoms with Crippen molar-refractivity contribution in [3.8, 4) is 11.3 Å². The molecule has 0 atom stereocenters. The molecule has 0 saturated carbocycles. The molecule has 0 radical (unpaired) electrons. The Morgan fingerprint density at radius 1 is 1.16 bits per heavy atom. The van der Waals surface area contributed by atoms with E-state index in [1.807, 2.05) is 36.6 Å². The van der Waals surface area contributed by atoms with Crippen molar-refractivity contribution in [2.45, 2.75) is 24.7 Å². The van der Waals surface area contributed by atoms with Gasteiger partial charge >= 0.3 is 0 Å². The summed E-state index contributed by atoms with van der Waals surface area (Å²) in [6, 6.07) is 14.8. The summed E-state index contributed by atoms with van der Waals surface area (Å²) in [6.07, 6.45) is 0.916. The van der Waals surface area contributed by atoms with E-state index < -0.39 is 10.0 Å². The maximum absolute atomic E-state index is 12.1. The molecular weight excluding hydrogens is 432 g/mol. The number of carbonyl (C=O) groups is 1. The fourth-order valence-corrected chi connectivity index (χ4v) is 5.17. The van der Waals surface area contributed by atoms with Crippen LogP contribution in [0.2, 0.25) is 0 Å². The number of thiazole rings is 1. The van der Waals surface area contributed by atoms with Crippen LogP contribution in [0.3, 0.4) is 0 Å². The third kappa shape index (κ3) is 5.00. The zero-order valence-electron chi connectivity index (χ0n) is 17.0. The summed E-state index contributed by atoms with van der Waals surface area (Å²) in [5.41, 5.74) is 3.74. The van der Waals surface area contributed by atoms with E-state index in [1.54, 1.807) is 29.5 Å². The molecule has 0 fully saturated rings. The topological polar surface area (TPSA) is 101 Å². The smallest absolute Gasteiger partial charge is 0.263 e. The van der Waals surface area contributed by atoms with Crippen LogP contribution in [-0.4, -0.2) is 38.2 Å². The van der Waals surface area contributed by atoms with E-state index in [0.29, 0.717) is 17.9 Å². The van der Waals surface area contributed by atoms with Crippen LogP contribution in [0.5, 0.6) is 0 Å². The van der Waals surface area contributed by atoms with E-state index >= 15 is 0 Å². The van der Waals surface area contributed by atoms with Crippen LogP contribution < -0.4 is 10.0 Å². The average molecular weight is 455 g/mol. The average Bonchev–Trinajstić information content (AvgIpc) is 3.30. The summed E-state index contributed by atoms with van der Waals surface area (Å²) in [4.78, 5) is 21.1. The Labute approximate surface area is 185 Å². The number of hydrogen-bond donors (Lipinski definition) is 2. The first kappa shape index (κ1) is 21.2. The number of aromatic nitrogens is 1. The monoisotopic (exact) mass is 454 g/mol. The second-order valence-electron chi connectivity index (χ2n) is 7.13. The van der Waals surface area contributed by atoms with Crippen LogP contribution in [0.25, 0.3) is 11.3 Å². The van der Waals surface area contributed by atoms with Gasteiger partial charge < -0.3 is 5.32 Å². The number of nitrogens with one attached hydrogen (secondary N) is 2. The third-order valence-electron chi connectivity index (χ3n) is 4.88. The highest BCUT2D eigenvalue weighted by Crippen LogP contribution is 2.23. The molecule has 2 aromatic carbocycles. The molecule has 0 spiro atoms. The second kappa shape index (κ2) is 8.99. The molecule has 2 heterocycles. The lowest BCUT2D eigenvalue weighted by Crippen LogP contribution is -2.27. The van der Waals surface area contributed by atoms with Crippen molar-refractivity contribution in [3.63, 3.8) is 0 Å². The van der Waals surface area contributed by atoms with Crippen molar-refractivity contribution < 1.29 is 13.2 Å². The van der Waals surface area contributed by atoms with Gasteiger partial charge in [-0.15, -0.1) is 11.3 Å². The summed E-state index contributed by atoms with van der Waals surface area (Å²) in [7, 11) is -3.55. The molecule has 1 aromatic heterocycles. The van der Waals surface area contributed by atoms with Gasteiger partial charge in [0.05, 0.1) is 22.1 Å². The molecule has 1 aliphatic heterocycles. The minimum atomic E-state index is -3.55. The van der Waals surface area contributed by atoms with Crippen molar-refractivity contribution in [3.05, 3.63) is 70.0 Å². The van der Waals surface area contributed by atoms with Crippen molar-refractivity contribution in [1.82, 2.24) is 15.0 Å². The van der Waals surface area contributed by atoms with Crippen molar-refractivity contribution in [2.24, 2.45) is 4.99 Å². The van der Waals surface area contributed by atoms with Crippen LogP contribution in [-0.2, 0) is 21.2 Å². The molecule has 0 bridgehead atoms. The molecule has 9 heteroatoms. The van der Waals surface area contributed by atoms with Gasteiger partial charge in [-0.3, -0.25) is 14.5 Å². The van der Waals surface area contributed by atoms with E-state index in [2.05, 4.69) is 20.0 Å². The van der Waals surface area contributed by atoms with Gasteiger partial charge in [-0.2, -0.15) is 0 Å². The van der Waals surface area contributed by atoms with E-state index in [4.69, 9.17) is 0 Å². The number of amidine groups is 1. The Kier molecular flexibility index (Phi) is 6.15.